The molecule has 3 aromatic rings. The zero-order chi connectivity index (χ0) is 26.4. The summed E-state index contributed by atoms with van der Waals surface area (Å²) < 4.78 is 5.77. The minimum Gasteiger partial charge on any atom is -0.478 e. The van der Waals surface area contributed by atoms with Crippen molar-refractivity contribution in [1.29, 1.82) is 0 Å². The second kappa shape index (κ2) is 11.4. The fourth-order valence-corrected chi connectivity index (χ4v) is 4.17. The van der Waals surface area contributed by atoms with Crippen molar-refractivity contribution in [2.24, 2.45) is 0 Å². The molecule has 1 aliphatic rings. The number of para-hydroxylation sites is 1. The Bertz CT molecular complexity index is 1290. The number of carboxylic acid groups (broad SMARTS) is 1. The number of nitrogens with zero attached hydrogens (tertiary/aromatic N) is 3. The first-order chi connectivity index (χ1) is 17.8. The summed E-state index contributed by atoms with van der Waals surface area (Å²) in [4.78, 5) is 44.9. The molecule has 1 unspecified atom stereocenters. The molecule has 0 saturated heterocycles. The Hall–Kier alpha value is -4.66. The first-order valence-electron chi connectivity index (χ1n) is 11.9. The lowest BCUT2D eigenvalue weighted by atomic mass is 9.98. The number of carboxylic acids is 1. The first-order valence-corrected chi connectivity index (χ1v) is 11.9. The summed E-state index contributed by atoms with van der Waals surface area (Å²) in [5, 5.41) is 12.6. The van der Waals surface area contributed by atoms with Crippen molar-refractivity contribution < 1.29 is 24.2 Å². The normalized spacial score (nSPS) is 15.2. The number of carbonyl (C=O) groups excluding carboxylic acids is 2. The molecule has 2 N–H and O–H groups in total. The molecule has 190 valence electrons. The highest BCUT2D eigenvalue weighted by molar-refractivity contribution is 5.94. The molecule has 9 nitrogen and oxygen atoms in total. The number of aliphatic carboxylic acids is 1. The van der Waals surface area contributed by atoms with Gasteiger partial charge in [-0.15, -0.1) is 0 Å². The highest BCUT2D eigenvalue weighted by atomic mass is 16.5. The summed E-state index contributed by atoms with van der Waals surface area (Å²) in [6.45, 7) is 2.25. The molecule has 0 aliphatic carbocycles. The molecule has 0 saturated carbocycles. The van der Waals surface area contributed by atoms with Crippen LogP contribution in [0.5, 0.6) is 11.5 Å². The van der Waals surface area contributed by atoms with Crippen LogP contribution in [-0.2, 0) is 4.79 Å². The molecule has 2 heterocycles. The maximum absolute atomic E-state index is 12.9. The summed E-state index contributed by atoms with van der Waals surface area (Å²) in [7, 11) is 1.69. The Kier molecular flexibility index (Phi) is 7.83. The summed E-state index contributed by atoms with van der Waals surface area (Å²) in [5.41, 5.74) is 1.40. The molecule has 0 fully saturated rings. The summed E-state index contributed by atoms with van der Waals surface area (Å²) >= 11 is 0. The van der Waals surface area contributed by atoms with E-state index in [-0.39, 0.29) is 18.0 Å². The van der Waals surface area contributed by atoms with E-state index in [2.05, 4.69) is 10.3 Å². The van der Waals surface area contributed by atoms with Crippen molar-refractivity contribution in [3.63, 3.8) is 0 Å². The zero-order valence-corrected chi connectivity index (χ0v) is 20.6. The number of carbonyl (C=O) groups is 3. The van der Waals surface area contributed by atoms with Crippen molar-refractivity contribution in [2.75, 3.05) is 20.1 Å². The smallest absolute Gasteiger partial charge is 0.335 e. The van der Waals surface area contributed by atoms with Gasteiger partial charge in [0.2, 0.25) is 0 Å². The van der Waals surface area contributed by atoms with E-state index < -0.39 is 18.0 Å². The molecule has 1 atom stereocenters. The number of rotatable bonds is 9. The number of nitrogens with one attached hydrogen (secondary N) is 1. The number of benzene rings is 2. The van der Waals surface area contributed by atoms with Gasteiger partial charge in [-0.25, -0.2) is 9.59 Å². The Morgan fingerprint density at radius 3 is 2.35 bits per heavy atom. The molecule has 0 spiro atoms. The van der Waals surface area contributed by atoms with E-state index in [1.54, 1.807) is 67.5 Å². The van der Waals surface area contributed by atoms with Gasteiger partial charge >= 0.3 is 12.0 Å². The number of allylic oxidation sites excluding steroid dienone is 1. The summed E-state index contributed by atoms with van der Waals surface area (Å²) in [6.07, 6.45) is 2.02. The molecule has 4 rings (SSSR count). The van der Waals surface area contributed by atoms with Crippen LogP contribution in [0.15, 0.2) is 90.3 Å². The van der Waals surface area contributed by atoms with E-state index in [1.807, 2.05) is 30.3 Å². The van der Waals surface area contributed by atoms with Crippen molar-refractivity contribution in [1.82, 2.24) is 20.1 Å². The average Bonchev–Trinajstić information content (AvgIpc) is 2.91. The summed E-state index contributed by atoms with van der Waals surface area (Å²) in [5.74, 6) is 0.0532. The van der Waals surface area contributed by atoms with E-state index in [0.717, 1.165) is 0 Å². The second-order valence-electron chi connectivity index (χ2n) is 8.61. The molecule has 9 heteroatoms. The van der Waals surface area contributed by atoms with E-state index in [1.165, 1.54) is 4.90 Å². The van der Waals surface area contributed by atoms with Crippen LogP contribution < -0.4 is 10.1 Å². The molecule has 3 amide bonds. The minimum atomic E-state index is -1.12. The fourth-order valence-electron chi connectivity index (χ4n) is 4.17. The molecule has 0 bridgehead atoms. The van der Waals surface area contributed by atoms with E-state index in [0.29, 0.717) is 41.4 Å². The van der Waals surface area contributed by atoms with Crippen molar-refractivity contribution in [3.8, 4) is 11.5 Å². The van der Waals surface area contributed by atoms with Crippen molar-refractivity contribution >= 4 is 17.9 Å². The third-order valence-electron chi connectivity index (χ3n) is 6.11. The van der Waals surface area contributed by atoms with Crippen LogP contribution in [0.25, 0.3) is 0 Å². The third-order valence-corrected chi connectivity index (χ3v) is 6.11. The Morgan fingerprint density at radius 2 is 1.70 bits per heavy atom. The van der Waals surface area contributed by atoms with Gasteiger partial charge < -0.3 is 20.1 Å². The van der Waals surface area contributed by atoms with Gasteiger partial charge in [0, 0.05) is 37.6 Å². The number of urea groups is 1. The van der Waals surface area contributed by atoms with Crippen molar-refractivity contribution in [2.45, 2.75) is 19.4 Å². The van der Waals surface area contributed by atoms with Gasteiger partial charge in [-0.2, -0.15) is 0 Å². The number of pyridine rings is 1. The largest absolute Gasteiger partial charge is 0.478 e. The monoisotopic (exact) mass is 500 g/mol. The Labute approximate surface area is 215 Å². The second-order valence-corrected chi connectivity index (χ2v) is 8.61. The van der Waals surface area contributed by atoms with Crippen molar-refractivity contribution in [3.05, 3.63) is 102 Å². The number of ether oxygens (including phenoxy) is 1. The van der Waals surface area contributed by atoms with Gasteiger partial charge in [0.15, 0.2) is 0 Å². The maximum atomic E-state index is 12.9. The number of amides is 3. The minimum absolute atomic E-state index is 0.0699. The van der Waals surface area contributed by atoms with E-state index in [4.69, 9.17) is 4.74 Å². The lowest BCUT2D eigenvalue weighted by Gasteiger charge is -2.34. The van der Waals surface area contributed by atoms with Crippen LogP contribution in [0.1, 0.15) is 35.4 Å². The van der Waals surface area contributed by atoms with Crippen LogP contribution in [0.3, 0.4) is 0 Å². The number of hydrogen-bond acceptors (Lipinski definition) is 5. The average molecular weight is 501 g/mol. The summed E-state index contributed by atoms with van der Waals surface area (Å²) in [6, 6.07) is 20.2. The third kappa shape index (κ3) is 5.95. The molecule has 37 heavy (non-hydrogen) atoms. The van der Waals surface area contributed by atoms with Crippen LogP contribution in [0, 0.1) is 0 Å². The van der Waals surface area contributed by atoms with Gasteiger partial charge in [-0.05, 0) is 61.9 Å². The quantitative estimate of drug-likeness (QED) is 0.449. The van der Waals surface area contributed by atoms with Gasteiger partial charge in [0.1, 0.15) is 17.5 Å². The molecule has 0 radical (unpaired) electrons. The topological polar surface area (TPSA) is 112 Å². The number of hydrogen-bond donors (Lipinski definition) is 2. The van der Waals surface area contributed by atoms with Crippen LogP contribution >= 0.6 is 0 Å². The van der Waals surface area contributed by atoms with Crippen LogP contribution in [-0.4, -0.2) is 57.9 Å². The molecular formula is C28H28N4O5. The van der Waals surface area contributed by atoms with Crippen LogP contribution in [0.2, 0.25) is 0 Å². The van der Waals surface area contributed by atoms with Crippen LogP contribution in [0.4, 0.5) is 4.79 Å². The lowest BCUT2D eigenvalue weighted by molar-refractivity contribution is -0.133. The number of aromatic nitrogens is 1. The highest BCUT2D eigenvalue weighted by Crippen LogP contribution is 2.29. The molecule has 1 aromatic heterocycles. The Balaban J connectivity index is 1.36. The van der Waals surface area contributed by atoms with E-state index in [9.17, 15) is 19.5 Å². The predicted octanol–water partition coefficient (Wildman–Crippen LogP) is 4.46. The fraction of sp³-hybridized carbons (Fsp3) is 0.214. The predicted molar refractivity (Wildman–Crippen MR) is 137 cm³/mol. The molecular weight excluding hydrogens is 472 g/mol. The van der Waals surface area contributed by atoms with Gasteiger partial charge in [-0.1, -0.05) is 24.3 Å². The maximum Gasteiger partial charge on any atom is 0.335 e. The Morgan fingerprint density at radius 1 is 1.03 bits per heavy atom. The van der Waals surface area contributed by atoms with E-state index >= 15 is 0 Å². The first kappa shape index (κ1) is 25.4. The SMILES string of the molecule is CC1=C(C(=O)O)C(c2ccccn2)NC(=O)N1CCCN(C)C(=O)c1ccc(Oc2ccccc2)cc1. The molecule has 1 aliphatic heterocycles. The highest BCUT2D eigenvalue weighted by Gasteiger charge is 2.36. The van der Waals surface area contributed by atoms with Gasteiger partial charge in [-0.3, -0.25) is 14.7 Å². The zero-order valence-electron chi connectivity index (χ0n) is 20.6. The molecule has 2 aromatic carbocycles. The van der Waals surface area contributed by atoms with Gasteiger partial charge in [0.05, 0.1) is 11.3 Å². The van der Waals surface area contributed by atoms with Gasteiger partial charge in [0.25, 0.3) is 5.91 Å². The lowest BCUT2D eigenvalue weighted by Crippen LogP contribution is -2.48. The standard InChI is InChI=1S/C28H28N4O5/c1-19-24(27(34)35)25(23-11-6-7-16-29-23)30-28(36)32(19)18-8-17-31(2)26(33)20-12-14-22(15-13-20)37-21-9-4-3-5-10-21/h3-7,9-16,25H,8,17-18H2,1-2H3,(H,30,36)(H,34,35).